The second kappa shape index (κ2) is 8.42. The van der Waals surface area contributed by atoms with E-state index in [0.717, 1.165) is 49.2 Å². The van der Waals surface area contributed by atoms with Crippen LogP contribution in [0, 0.1) is 5.82 Å². The summed E-state index contributed by atoms with van der Waals surface area (Å²) in [5.74, 6) is 0.0237. The van der Waals surface area contributed by atoms with Crippen molar-refractivity contribution in [2.75, 3.05) is 38.5 Å². The van der Waals surface area contributed by atoms with E-state index in [-0.39, 0.29) is 17.7 Å². The summed E-state index contributed by atoms with van der Waals surface area (Å²) in [6.07, 6.45) is 4.85. The Hall–Kier alpha value is -2.58. The highest BCUT2D eigenvalue weighted by atomic mass is 19.1. The zero-order chi connectivity index (χ0) is 20.3. The van der Waals surface area contributed by atoms with E-state index in [1.807, 2.05) is 6.20 Å². The minimum absolute atomic E-state index is 0.000376. The van der Waals surface area contributed by atoms with Crippen LogP contribution in [-0.4, -0.2) is 53.6 Å². The first kappa shape index (κ1) is 19.7. The molecule has 1 saturated heterocycles. The number of nitrogens with two attached hydrogens (primary N) is 1. The number of likely N-dealkylation sites (tertiary alicyclic amines) is 1. The van der Waals surface area contributed by atoms with Crippen molar-refractivity contribution in [3.05, 3.63) is 53.1 Å². The van der Waals surface area contributed by atoms with Gasteiger partial charge in [0.25, 0.3) is 0 Å². The smallest absolute Gasteiger partial charge is 0.234 e. The van der Waals surface area contributed by atoms with Crippen molar-refractivity contribution >= 4 is 11.9 Å². The molecular weight excluding hydrogens is 373 g/mol. The molecule has 0 atom stereocenters. The van der Waals surface area contributed by atoms with E-state index < -0.39 is 5.60 Å². The third-order valence-electron chi connectivity index (χ3n) is 5.74. The van der Waals surface area contributed by atoms with E-state index in [4.69, 9.17) is 10.5 Å². The molecule has 2 aliphatic rings. The largest absolute Gasteiger partial charge is 0.368 e. The Balaban J connectivity index is 1.27. The number of fused-ring (bicyclic) bond motifs is 2. The van der Waals surface area contributed by atoms with Gasteiger partial charge in [0.05, 0.1) is 18.8 Å². The Morgan fingerprint density at radius 2 is 2.03 bits per heavy atom. The molecule has 4 rings (SSSR count). The highest BCUT2D eigenvalue weighted by molar-refractivity contribution is 5.78. The SMILES string of the molecule is Nc1ncc2c(n1)C1(CCN(CC(=O)NCCc3ccc(F)cc3)CC1)OCC2. The van der Waals surface area contributed by atoms with E-state index in [0.29, 0.717) is 26.1 Å². The predicted octanol–water partition coefficient (Wildman–Crippen LogP) is 1.42. The molecule has 3 heterocycles. The maximum atomic E-state index is 12.9. The normalized spacial score (nSPS) is 18.4. The summed E-state index contributed by atoms with van der Waals surface area (Å²) >= 11 is 0. The van der Waals surface area contributed by atoms with Crippen molar-refractivity contribution in [2.24, 2.45) is 0 Å². The summed E-state index contributed by atoms with van der Waals surface area (Å²) in [4.78, 5) is 23.0. The van der Waals surface area contributed by atoms with Crippen LogP contribution >= 0.6 is 0 Å². The molecular formula is C21H26FN5O2. The van der Waals surface area contributed by atoms with Crippen LogP contribution in [0.15, 0.2) is 30.5 Å². The first-order valence-corrected chi connectivity index (χ1v) is 10.0. The average Bonchev–Trinajstić information content (AvgIpc) is 2.72. The van der Waals surface area contributed by atoms with E-state index in [2.05, 4.69) is 20.2 Å². The van der Waals surface area contributed by atoms with Gasteiger partial charge in [0.15, 0.2) is 0 Å². The van der Waals surface area contributed by atoms with Gasteiger partial charge in [-0.05, 0) is 48.9 Å². The maximum absolute atomic E-state index is 12.9. The van der Waals surface area contributed by atoms with Gasteiger partial charge in [0, 0.05) is 25.8 Å². The molecule has 1 spiro atoms. The third-order valence-corrected chi connectivity index (χ3v) is 5.74. The molecule has 2 aromatic rings. The molecule has 1 fully saturated rings. The van der Waals surface area contributed by atoms with Gasteiger partial charge in [0.2, 0.25) is 11.9 Å². The summed E-state index contributed by atoms with van der Waals surface area (Å²) in [6, 6.07) is 6.35. The summed E-state index contributed by atoms with van der Waals surface area (Å²) in [5, 5.41) is 2.94. The Morgan fingerprint density at radius 3 is 2.79 bits per heavy atom. The molecule has 154 valence electrons. The van der Waals surface area contributed by atoms with Crippen LogP contribution in [0.25, 0.3) is 0 Å². The number of piperidine rings is 1. The molecule has 1 aromatic heterocycles. The number of carbonyl (C=O) groups excluding carboxylic acids is 1. The lowest BCUT2D eigenvalue weighted by Crippen LogP contribution is -2.49. The van der Waals surface area contributed by atoms with Crippen molar-refractivity contribution < 1.29 is 13.9 Å². The standard InChI is InChI=1S/C21H26FN5O2/c22-17-3-1-15(2-4-17)5-9-24-18(28)14-27-10-7-21(8-11-27)19-16(6-12-29-21)13-25-20(23)26-19/h1-4,13H,5-12,14H2,(H,24,28)(H2,23,25,26). The molecule has 0 radical (unpaired) electrons. The van der Waals surface area contributed by atoms with E-state index in [1.54, 1.807) is 12.1 Å². The second-order valence-electron chi connectivity index (χ2n) is 7.70. The predicted molar refractivity (Wildman–Crippen MR) is 107 cm³/mol. The highest BCUT2D eigenvalue weighted by Gasteiger charge is 2.42. The lowest BCUT2D eigenvalue weighted by Gasteiger charge is -2.43. The van der Waals surface area contributed by atoms with Crippen LogP contribution in [0.3, 0.4) is 0 Å². The zero-order valence-electron chi connectivity index (χ0n) is 16.4. The zero-order valence-corrected chi connectivity index (χ0v) is 16.4. The van der Waals surface area contributed by atoms with Crippen LogP contribution in [0.5, 0.6) is 0 Å². The minimum Gasteiger partial charge on any atom is -0.368 e. The van der Waals surface area contributed by atoms with Crippen molar-refractivity contribution in [2.45, 2.75) is 31.3 Å². The number of anilines is 1. The fourth-order valence-electron chi connectivity index (χ4n) is 4.13. The number of aromatic nitrogens is 2. The number of hydrogen-bond acceptors (Lipinski definition) is 6. The lowest BCUT2D eigenvalue weighted by molar-refractivity contribution is -0.126. The van der Waals surface area contributed by atoms with Crippen LogP contribution in [0.2, 0.25) is 0 Å². The molecule has 0 saturated carbocycles. The second-order valence-corrected chi connectivity index (χ2v) is 7.70. The molecule has 1 amide bonds. The third kappa shape index (κ3) is 4.54. The number of nitrogen functional groups attached to an aromatic ring is 1. The monoisotopic (exact) mass is 399 g/mol. The van der Waals surface area contributed by atoms with Crippen molar-refractivity contribution in [1.82, 2.24) is 20.2 Å². The molecule has 29 heavy (non-hydrogen) atoms. The van der Waals surface area contributed by atoms with Crippen LogP contribution in [0.4, 0.5) is 10.3 Å². The number of amides is 1. The molecule has 1 aromatic carbocycles. The summed E-state index contributed by atoms with van der Waals surface area (Å²) in [7, 11) is 0. The first-order chi connectivity index (χ1) is 14.0. The Kier molecular flexibility index (Phi) is 5.73. The Labute approximate surface area is 169 Å². The summed E-state index contributed by atoms with van der Waals surface area (Å²) < 4.78 is 19.1. The van der Waals surface area contributed by atoms with Crippen molar-refractivity contribution in [3.8, 4) is 0 Å². The molecule has 0 unspecified atom stereocenters. The van der Waals surface area contributed by atoms with Crippen LogP contribution in [0.1, 0.15) is 29.7 Å². The van der Waals surface area contributed by atoms with Gasteiger partial charge in [-0.1, -0.05) is 12.1 Å². The number of nitrogens with one attached hydrogen (secondary N) is 1. The molecule has 7 nitrogen and oxygen atoms in total. The van der Waals surface area contributed by atoms with Crippen molar-refractivity contribution in [3.63, 3.8) is 0 Å². The van der Waals surface area contributed by atoms with Gasteiger partial charge < -0.3 is 15.8 Å². The fourth-order valence-corrected chi connectivity index (χ4v) is 4.13. The van der Waals surface area contributed by atoms with Gasteiger partial charge in [-0.15, -0.1) is 0 Å². The molecule has 0 aliphatic carbocycles. The molecule has 8 heteroatoms. The highest BCUT2D eigenvalue weighted by Crippen LogP contribution is 2.40. The van der Waals surface area contributed by atoms with Gasteiger partial charge in [-0.2, -0.15) is 0 Å². The molecule has 3 N–H and O–H groups in total. The van der Waals surface area contributed by atoms with Gasteiger partial charge >= 0.3 is 0 Å². The Bertz CT molecular complexity index is 866. The van der Waals surface area contributed by atoms with E-state index >= 15 is 0 Å². The van der Waals surface area contributed by atoms with E-state index in [1.165, 1.54) is 12.1 Å². The van der Waals surface area contributed by atoms with Gasteiger partial charge in [-0.25, -0.2) is 14.4 Å². The molecule has 2 aliphatic heterocycles. The molecule has 0 bridgehead atoms. The summed E-state index contributed by atoms with van der Waals surface area (Å²) in [6.45, 7) is 3.07. The number of carbonyl (C=O) groups is 1. The van der Waals surface area contributed by atoms with Crippen LogP contribution < -0.4 is 11.1 Å². The minimum atomic E-state index is -0.416. The number of rotatable bonds is 5. The van der Waals surface area contributed by atoms with E-state index in [9.17, 15) is 9.18 Å². The number of hydrogen-bond donors (Lipinski definition) is 2. The summed E-state index contributed by atoms with van der Waals surface area (Å²) in [5.41, 5.74) is 8.41. The van der Waals surface area contributed by atoms with Gasteiger partial charge in [0.1, 0.15) is 11.4 Å². The topological polar surface area (TPSA) is 93.4 Å². The number of ether oxygens (including phenoxy) is 1. The first-order valence-electron chi connectivity index (χ1n) is 10.0. The van der Waals surface area contributed by atoms with Crippen molar-refractivity contribution in [1.29, 1.82) is 0 Å². The number of benzene rings is 1. The number of halogens is 1. The van der Waals surface area contributed by atoms with Gasteiger partial charge in [-0.3, -0.25) is 9.69 Å². The number of nitrogens with zero attached hydrogens (tertiary/aromatic N) is 3. The van der Waals surface area contributed by atoms with Crippen LogP contribution in [-0.2, 0) is 28.0 Å². The average molecular weight is 399 g/mol. The quantitative estimate of drug-likeness (QED) is 0.790. The lowest BCUT2D eigenvalue weighted by atomic mass is 9.83. The Morgan fingerprint density at radius 1 is 1.28 bits per heavy atom. The fraction of sp³-hybridized carbons (Fsp3) is 0.476. The maximum Gasteiger partial charge on any atom is 0.234 e.